The minimum Gasteiger partial charge on any atom is -0.387 e. The van der Waals surface area contributed by atoms with Crippen LogP contribution in [0.2, 0.25) is 0 Å². The maximum absolute atomic E-state index is 10.6. The van der Waals surface area contributed by atoms with E-state index in [4.69, 9.17) is 0 Å². The van der Waals surface area contributed by atoms with Crippen LogP contribution in [-0.2, 0) is 6.54 Å². The Morgan fingerprint density at radius 3 is 2.61 bits per heavy atom. The summed E-state index contributed by atoms with van der Waals surface area (Å²) in [6.45, 7) is 7.65. The Labute approximate surface area is 110 Å². The minimum absolute atomic E-state index is 0.343. The molecule has 0 aromatic carbocycles. The third kappa shape index (κ3) is 2.94. The van der Waals surface area contributed by atoms with Crippen LogP contribution in [0.4, 0.5) is 0 Å². The van der Waals surface area contributed by atoms with E-state index >= 15 is 0 Å². The molecule has 1 N–H and O–H groups in total. The lowest BCUT2D eigenvalue weighted by atomic mass is 9.74. The maximum atomic E-state index is 10.6. The van der Waals surface area contributed by atoms with Gasteiger partial charge in [0.2, 0.25) is 0 Å². The monoisotopic (exact) mass is 250 g/mol. The Bertz CT molecular complexity index is 364. The van der Waals surface area contributed by atoms with Crippen molar-refractivity contribution in [2.75, 3.05) is 0 Å². The first-order valence-corrected chi connectivity index (χ1v) is 7.31. The molecule has 1 saturated carbocycles. The molecule has 0 saturated heterocycles. The molecule has 0 spiro atoms. The highest BCUT2D eigenvalue weighted by Crippen LogP contribution is 2.39. The second kappa shape index (κ2) is 5.87. The second-order valence-electron chi connectivity index (χ2n) is 6.10. The third-order valence-corrected chi connectivity index (χ3v) is 4.15. The van der Waals surface area contributed by atoms with Crippen LogP contribution in [0.3, 0.4) is 0 Å². The molecule has 0 bridgehead atoms. The first-order chi connectivity index (χ1) is 8.61. The Kier molecular flexibility index (Phi) is 4.44. The average Bonchev–Trinajstić information content (AvgIpc) is 2.75. The zero-order valence-electron chi connectivity index (χ0n) is 11.8. The molecule has 18 heavy (non-hydrogen) atoms. The van der Waals surface area contributed by atoms with E-state index in [2.05, 4.69) is 25.9 Å². The predicted molar refractivity (Wildman–Crippen MR) is 73.1 cm³/mol. The molecule has 1 fully saturated rings. The van der Waals surface area contributed by atoms with Crippen molar-refractivity contribution in [3.8, 4) is 0 Å². The third-order valence-electron chi connectivity index (χ3n) is 4.15. The molecule has 3 unspecified atom stereocenters. The summed E-state index contributed by atoms with van der Waals surface area (Å²) >= 11 is 0. The average molecular weight is 250 g/mol. The van der Waals surface area contributed by atoms with Crippen LogP contribution in [0, 0.1) is 17.8 Å². The molecule has 3 heteroatoms. The molecular weight excluding hydrogens is 224 g/mol. The summed E-state index contributed by atoms with van der Waals surface area (Å²) < 4.78 is 1.97. The highest BCUT2D eigenvalue weighted by atomic mass is 16.3. The van der Waals surface area contributed by atoms with Crippen molar-refractivity contribution in [1.29, 1.82) is 0 Å². The topological polar surface area (TPSA) is 38.0 Å². The summed E-state index contributed by atoms with van der Waals surface area (Å²) in [6, 6.07) is 1.98. The van der Waals surface area contributed by atoms with Gasteiger partial charge in [0.25, 0.3) is 0 Å². The fraction of sp³-hybridized carbons (Fsp3) is 0.800. The zero-order chi connectivity index (χ0) is 13.1. The molecule has 102 valence electrons. The van der Waals surface area contributed by atoms with E-state index in [1.807, 2.05) is 16.9 Å². The Morgan fingerprint density at radius 2 is 2.00 bits per heavy atom. The Hall–Kier alpha value is -0.830. The van der Waals surface area contributed by atoms with Gasteiger partial charge < -0.3 is 5.11 Å². The van der Waals surface area contributed by atoms with E-state index < -0.39 is 0 Å². The quantitative estimate of drug-likeness (QED) is 0.889. The van der Waals surface area contributed by atoms with Crippen molar-refractivity contribution < 1.29 is 5.11 Å². The molecule has 0 radical (unpaired) electrons. The van der Waals surface area contributed by atoms with Crippen molar-refractivity contribution in [3.05, 3.63) is 18.0 Å². The van der Waals surface area contributed by atoms with E-state index in [1.54, 1.807) is 0 Å². The van der Waals surface area contributed by atoms with Crippen LogP contribution in [0.25, 0.3) is 0 Å². The van der Waals surface area contributed by atoms with Crippen molar-refractivity contribution in [1.82, 2.24) is 9.78 Å². The molecule has 3 nitrogen and oxygen atoms in total. The smallest absolute Gasteiger partial charge is 0.0984 e. The normalized spacial score (nSPS) is 30.3. The van der Waals surface area contributed by atoms with Gasteiger partial charge >= 0.3 is 0 Å². The van der Waals surface area contributed by atoms with Crippen LogP contribution in [0.5, 0.6) is 0 Å². The largest absolute Gasteiger partial charge is 0.387 e. The van der Waals surface area contributed by atoms with Crippen molar-refractivity contribution in [3.63, 3.8) is 0 Å². The molecular formula is C15H26N2O. The molecule has 2 rings (SSSR count). The van der Waals surface area contributed by atoms with Gasteiger partial charge in [-0.05, 0) is 49.5 Å². The fourth-order valence-corrected chi connectivity index (χ4v) is 3.50. The van der Waals surface area contributed by atoms with Gasteiger partial charge in [0, 0.05) is 12.7 Å². The lowest BCUT2D eigenvalue weighted by molar-refractivity contribution is 0.0487. The predicted octanol–water partition coefficient (Wildman–Crippen LogP) is 3.40. The molecule has 0 amide bonds. The number of rotatable bonds is 4. The van der Waals surface area contributed by atoms with E-state index in [9.17, 15) is 5.11 Å². The summed E-state index contributed by atoms with van der Waals surface area (Å²) in [7, 11) is 0. The van der Waals surface area contributed by atoms with Gasteiger partial charge in [0.15, 0.2) is 0 Å². The van der Waals surface area contributed by atoms with E-state index in [1.165, 1.54) is 6.42 Å². The Balaban J connectivity index is 2.09. The van der Waals surface area contributed by atoms with E-state index in [0.717, 1.165) is 43.3 Å². The lowest BCUT2D eigenvalue weighted by Gasteiger charge is -2.34. The van der Waals surface area contributed by atoms with Crippen LogP contribution in [0.1, 0.15) is 58.3 Å². The molecule has 0 aliphatic heterocycles. The van der Waals surface area contributed by atoms with Crippen molar-refractivity contribution in [2.24, 2.45) is 17.8 Å². The van der Waals surface area contributed by atoms with Gasteiger partial charge in [-0.25, -0.2) is 0 Å². The number of nitrogens with zero attached hydrogens (tertiary/aromatic N) is 2. The lowest BCUT2D eigenvalue weighted by Crippen LogP contribution is -2.26. The van der Waals surface area contributed by atoms with Gasteiger partial charge in [-0.1, -0.05) is 20.8 Å². The standard InChI is InChI=1S/C15H26N2O/c1-4-7-17-14(5-6-16-17)15(18)13-9-11(2)8-12(3)10-13/h5-6,11-13,15,18H,4,7-10H2,1-3H3. The van der Waals surface area contributed by atoms with Crippen LogP contribution >= 0.6 is 0 Å². The van der Waals surface area contributed by atoms with Crippen LogP contribution in [0.15, 0.2) is 12.3 Å². The summed E-state index contributed by atoms with van der Waals surface area (Å²) in [5, 5.41) is 14.9. The molecule has 1 heterocycles. The summed E-state index contributed by atoms with van der Waals surface area (Å²) in [5.74, 6) is 1.86. The second-order valence-corrected chi connectivity index (χ2v) is 6.10. The van der Waals surface area contributed by atoms with Gasteiger partial charge in [0.05, 0.1) is 11.8 Å². The summed E-state index contributed by atoms with van der Waals surface area (Å²) in [4.78, 5) is 0. The number of aromatic nitrogens is 2. The molecule has 1 aliphatic carbocycles. The number of aliphatic hydroxyl groups excluding tert-OH is 1. The fourth-order valence-electron chi connectivity index (χ4n) is 3.50. The highest BCUT2D eigenvalue weighted by molar-refractivity contribution is 5.06. The first-order valence-electron chi connectivity index (χ1n) is 7.31. The summed E-state index contributed by atoms with van der Waals surface area (Å²) in [5.41, 5.74) is 1.00. The number of aliphatic hydroxyl groups is 1. The van der Waals surface area contributed by atoms with Gasteiger partial charge in [-0.3, -0.25) is 4.68 Å². The molecule has 3 atom stereocenters. The molecule has 1 aliphatic rings. The van der Waals surface area contributed by atoms with Crippen LogP contribution in [-0.4, -0.2) is 14.9 Å². The highest BCUT2D eigenvalue weighted by Gasteiger charge is 2.31. The first kappa shape index (κ1) is 13.6. The molecule has 1 aromatic heterocycles. The van der Waals surface area contributed by atoms with Crippen molar-refractivity contribution >= 4 is 0 Å². The SMILES string of the molecule is CCCn1nccc1C(O)C1CC(C)CC(C)C1. The number of aryl methyl sites for hydroxylation is 1. The van der Waals surface area contributed by atoms with E-state index in [-0.39, 0.29) is 6.10 Å². The maximum Gasteiger partial charge on any atom is 0.0984 e. The summed E-state index contributed by atoms with van der Waals surface area (Å²) in [6.07, 6.45) is 6.11. The molecule has 1 aromatic rings. The van der Waals surface area contributed by atoms with Crippen LogP contribution < -0.4 is 0 Å². The van der Waals surface area contributed by atoms with Gasteiger partial charge in [-0.2, -0.15) is 5.10 Å². The van der Waals surface area contributed by atoms with Gasteiger partial charge in [0.1, 0.15) is 0 Å². The minimum atomic E-state index is -0.343. The zero-order valence-corrected chi connectivity index (χ0v) is 11.8. The van der Waals surface area contributed by atoms with Crippen molar-refractivity contribution in [2.45, 2.75) is 59.1 Å². The number of hydrogen-bond acceptors (Lipinski definition) is 2. The van der Waals surface area contributed by atoms with E-state index in [0.29, 0.717) is 5.92 Å². The Morgan fingerprint density at radius 1 is 1.33 bits per heavy atom. The van der Waals surface area contributed by atoms with Gasteiger partial charge in [-0.15, -0.1) is 0 Å². The number of hydrogen-bond donors (Lipinski definition) is 1.